The van der Waals surface area contributed by atoms with Crippen LogP contribution in [0.25, 0.3) is 20.4 Å². The number of benzene rings is 5. The number of ether oxygens (including phenoxy) is 1. The number of aromatic nitrogens is 2. The first-order chi connectivity index (χ1) is 28.3. The van der Waals surface area contributed by atoms with Gasteiger partial charge in [0.25, 0.3) is 11.8 Å². The average Bonchev–Trinajstić information content (AvgIpc) is 4.03. The number of hydrogen-bond acceptors (Lipinski definition) is 9. The normalized spacial score (nSPS) is 14.5. The van der Waals surface area contributed by atoms with Crippen LogP contribution in [-0.4, -0.2) is 57.9 Å². The van der Waals surface area contributed by atoms with Gasteiger partial charge < -0.3 is 15.0 Å². The molecule has 0 fully saturated rings. The molecule has 7 aromatic rings. The van der Waals surface area contributed by atoms with E-state index >= 15 is 0 Å². The fraction of sp³-hybridized carbons (Fsp3) is 0.239. The fourth-order valence-electron chi connectivity index (χ4n) is 7.68. The van der Waals surface area contributed by atoms with Crippen LogP contribution in [0.1, 0.15) is 62.4 Å². The van der Waals surface area contributed by atoms with Crippen LogP contribution in [0, 0.1) is 0 Å². The van der Waals surface area contributed by atoms with Gasteiger partial charge in [-0.15, -0.1) is 50.9 Å². The molecule has 0 saturated heterocycles. The van der Waals surface area contributed by atoms with E-state index in [4.69, 9.17) is 4.74 Å². The Labute approximate surface area is 394 Å². The van der Waals surface area contributed by atoms with Crippen molar-refractivity contribution in [1.29, 1.82) is 0 Å². The number of rotatable bonds is 10. The molecule has 0 aliphatic heterocycles. The minimum absolute atomic E-state index is 0. The molecule has 0 bridgehead atoms. The highest BCUT2D eigenvalue weighted by atomic mass is 79.9. The van der Waals surface area contributed by atoms with Crippen molar-refractivity contribution in [1.82, 2.24) is 20.2 Å². The van der Waals surface area contributed by atoms with Crippen molar-refractivity contribution in [2.24, 2.45) is 0 Å². The zero-order valence-corrected chi connectivity index (χ0v) is 40.4. The highest BCUT2D eigenvalue weighted by Crippen LogP contribution is 2.35. The molecule has 0 spiro atoms. The average molecular weight is 1050 g/mol. The van der Waals surface area contributed by atoms with Gasteiger partial charge in [-0.05, 0) is 115 Å². The third kappa shape index (κ3) is 11.5. The van der Waals surface area contributed by atoms with Gasteiger partial charge in [-0.1, -0.05) is 96.3 Å². The molecule has 2 heterocycles. The van der Waals surface area contributed by atoms with Gasteiger partial charge in [0, 0.05) is 29.8 Å². The van der Waals surface area contributed by atoms with E-state index in [1.54, 1.807) is 24.3 Å². The second-order valence-corrected chi connectivity index (χ2v) is 16.5. The van der Waals surface area contributed by atoms with E-state index in [-0.39, 0.29) is 81.5 Å². The van der Waals surface area contributed by atoms with Crippen LogP contribution < -0.4 is 16.0 Å². The molecule has 15 heteroatoms. The molecule has 2 aromatic heterocycles. The van der Waals surface area contributed by atoms with Crippen molar-refractivity contribution in [3.8, 4) is 0 Å². The van der Waals surface area contributed by atoms with Gasteiger partial charge in [-0.3, -0.25) is 20.2 Å². The maximum Gasteiger partial charge on any atom is 0.410 e. The predicted molar refractivity (Wildman–Crippen MR) is 264 cm³/mol. The van der Waals surface area contributed by atoms with Crippen LogP contribution in [0.3, 0.4) is 0 Å². The van der Waals surface area contributed by atoms with Crippen molar-refractivity contribution in [2.75, 3.05) is 23.7 Å². The Morgan fingerprint density at radius 3 is 1.56 bits per heavy atom. The number of hydrogen-bond donors (Lipinski definition) is 3. The molecule has 5 aromatic carbocycles. The van der Waals surface area contributed by atoms with Gasteiger partial charge >= 0.3 is 6.09 Å². The van der Waals surface area contributed by atoms with Gasteiger partial charge in [0.2, 0.25) is 0 Å². The van der Waals surface area contributed by atoms with Gasteiger partial charge in [0.15, 0.2) is 10.3 Å². The van der Waals surface area contributed by atoms with Gasteiger partial charge in [0.1, 0.15) is 6.61 Å². The number of halogens is 3. The molecule has 0 saturated carbocycles. The summed E-state index contributed by atoms with van der Waals surface area (Å²) in [6, 6.07) is 37.3. The largest absolute Gasteiger partial charge is 0.445 e. The zero-order valence-electron chi connectivity index (χ0n) is 33.6. The Morgan fingerprint density at radius 1 is 0.639 bits per heavy atom. The number of likely N-dealkylation sites (N-methyl/N-ethyl adjacent to an activating group) is 2. The summed E-state index contributed by atoms with van der Waals surface area (Å²) in [6.45, 7) is 5.99. The summed E-state index contributed by atoms with van der Waals surface area (Å²) in [7, 11) is 0. The number of fused-ring (bicyclic) bond motifs is 4. The molecule has 10 nitrogen and oxygen atoms in total. The number of nitrogens with one attached hydrogen (secondary N) is 3. The zero-order chi connectivity index (χ0) is 40.0. The van der Waals surface area contributed by atoms with E-state index in [1.165, 1.54) is 44.9 Å². The summed E-state index contributed by atoms with van der Waals surface area (Å²) < 4.78 is 7.74. The summed E-state index contributed by atoms with van der Waals surface area (Å²) >= 11 is 3.00. The Balaban J connectivity index is 0.000000232. The van der Waals surface area contributed by atoms with E-state index in [9.17, 15) is 14.4 Å². The molecule has 0 unspecified atom stereocenters. The van der Waals surface area contributed by atoms with Crippen molar-refractivity contribution in [2.45, 2.75) is 58.2 Å². The summed E-state index contributed by atoms with van der Waals surface area (Å²) in [4.78, 5) is 48.5. The van der Waals surface area contributed by atoms with Gasteiger partial charge in [-0.2, -0.15) is 0 Å². The Hall–Kier alpha value is -4.51. The molecular formula is C46H47Br3N6O4S2. The first-order valence-corrected chi connectivity index (χ1v) is 21.2. The Bertz CT molecular complexity index is 2490. The smallest absolute Gasteiger partial charge is 0.410 e. The van der Waals surface area contributed by atoms with Gasteiger partial charge in [-0.25, -0.2) is 14.8 Å². The number of nitrogens with zero attached hydrogens (tertiary/aromatic N) is 3. The number of carbonyl (C=O) groups is 3. The molecule has 2 aliphatic carbocycles. The van der Waals surface area contributed by atoms with E-state index in [2.05, 4.69) is 57.1 Å². The van der Waals surface area contributed by atoms with Crippen LogP contribution in [0.4, 0.5) is 15.1 Å². The maximum atomic E-state index is 12.8. The second-order valence-electron chi connectivity index (χ2n) is 14.4. The molecule has 61 heavy (non-hydrogen) atoms. The SMILES string of the molecule is Br.Br.Br.CCN(C(=O)OCc1ccccc1)[C@@H]1Cc2cc3nc(NC(=O)c4ccccc4)sc3cc2C1.CCN[C@@H]1Cc2cc3nc(NC(=O)c4ccccc4)sc3cc2C1. The van der Waals surface area contributed by atoms with Crippen molar-refractivity contribution < 1.29 is 19.1 Å². The first kappa shape index (κ1) is 47.5. The topological polar surface area (TPSA) is 126 Å². The molecule has 3 N–H and O–H groups in total. The van der Waals surface area contributed by atoms with Gasteiger partial charge in [0.05, 0.1) is 20.4 Å². The Kier molecular flexibility index (Phi) is 17.2. The highest BCUT2D eigenvalue weighted by molar-refractivity contribution is 8.93. The lowest BCUT2D eigenvalue weighted by Gasteiger charge is -2.26. The van der Waals surface area contributed by atoms with Crippen LogP contribution in [-0.2, 0) is 37.0 Å². The lowest BCUT2D eigenvalue weighted by atomic mass is 10.1. The second kappa shape index (κ2) is 22.0. The standard InChI is InChI=1S/C27H25N3O3S.C19H19N3OS.3BrH/c1-2-30(27(32)33-17-18-9-5-3-6-10-18)22-13-20-15-23-24(16-21(20)14-22)34-26(28-23)29-25(31)19-11-7-4-8-12-19;1-2-20-15-8-13-10-16-17(11-14(13)9-15)24-19(21-16)22-18(23)12-6-4-3-5-7-12;;;/h3-12,15-16,22H,2,13-14,17H2,1H3,(H,28,29,31);3-7,10-11,15,20H,2,8-9H2,1H3,(H,21,22,23);3*1H/t22-;15-;;;/m11.../s1. The van der Waals surface area contributed by atoms with Crippen LogP contribution >= 0.6 is 73.6 Å². The molecular weight excluding hydrogens is 1000 g/mol. The summed E-state index contributed by atoms with van der Waals surface area (Å²) in [5.41, 5.74) is 9.25. The summed E-state index contributed by atoms with van der Waals surface area (Å²) in [6.07, 6.45) is 3.40. The monoisotopic (exact) mass is 1050 g/mol. The van der Waals surface area contributed by atoms with Crippen LogP contribution in [0.2, 0.25) is 0 Å². The van der Waals surface area contributed by atoms with E-state index < -0.39 is 0 Å². The number of thiazole rings is 2. The first-order valence-electron chi connectivity index (χ1n) is 19.6. The fourth-order valence-corrected chi connectivity index (χ4v) is 9.49. The van der Waals surface area contributed by atoms with E-state index in [1.807, 2.05) is 78.6 Å². The minimum Gasteiger partial charge on any atom is -0.445 e. The number of carbonyl (C=O) groups excluding carboxylic acids is 3. The third-order valence-corrected chi connectivity index (χ3v) is 12.4. The molecule has 318 valence electrons. The lowest BCUT2D eigenvalue weighted by Crippen LogP contribution is -2.41. The minimum atomic E-state index is -0.282. The molecule has 0 radical (unpaired) electrons. The highest BCUT2D eigenvalue weighted by Gasteiger charge is 2.31. The predicted octanol–water partition coefficient (Wildman–Crippen LogP) is 11.0. The summed E-state index contributed by atoms with van der Waals surface area (Å²) in [5.74, 6) is -0.283. The quantitative estimate of drug-likeness (QED) is 0.125. The van der Waals surface area contributed by atoms with Crippen molar-refractivity contribution >= 4 is 122 Å². The molecule has 3 amide bonds. The molecule has 2 aliphatic rings. The van der Waals surface area contributed by atoms with Crippen LogP contribution in [0.15, 0.2) is 115 Å². The van der Waals surface area contributed by atoms with Crippen molar-refractivity contribution in [3.05, 3.63) is 154 Å². The third-order valence-electron chi connectivity index (χ3n) is 10.5. The Morgan fingerprint density at radius 2 is 1.08 bits per heavy atom. The van der Waals surface area contributed by atoms with E-state index in [0.29, 0.717) is 34.0 Å². The van der Waals surface area contributed by atoms with Crippen LogP contribution in [0.5, 0.6) is 0 Å². The number of amides is 3. The molecule has 2 atom stereocenters. The van der Waals surface area contributed by atoms with Crippen molar-refractivity contribution in [3.63, 3.8) is 0 Å². The molecule has 9 rings (SSSR count). The summed E-state index contributed by atoms with van der Waals surface area (Å²) in [5, 5.41) is 10.6. The number of anilines is 2. The van der Waals surface area contributed by atoms with E-state index in [0.717, 1.165) is 58.2 Å². The lowest BCUT2D eigenvalue weighted by molar-refractivity contribution is 0.0839. The maximum absolute atomic E-state index is 12.8.